The fourth-order valence-corrected chi connectivity index (χ4v) is 3.38. The summed E-state index contributed by atoms with van der Waals surface area (Å²) in [5.74, 6) is 0.598. The number of nitrogens with zero attached hydrogens (tertiary/aromatic N) is 2. The van der Waals surface area contributed by atoms with Gasteiger partial charge in [-0.3, -0.25) is 4.57 Å². The Morgan fingerprint density at radius 1 is 0.708 bits per heavy atom. The van der Waals surface area contributed by atoms with Crippen molar-refractivity contribution in [3.05, 3.63) is 84.7 Å². The van der Waals surface area contributed by atoms with Gasteiger partial charge in [-0.1, -0.05) is 36.4 Å². The highest BCUT2D eigenvalue weighted by Gasteiger charge is 2.12. The van der Waals surface area contributed by atoms with Gasteiger partial charge >= 0.3 is 0 Å². The molecule has 24 heavy (non-hydrogen) atoms. The van der Waals surface area contributed by atoms with Crippen molar-refractivity contribution in [1.29, 1.82) is 0 Å². The highest BCUT2D eigenvalue weighted by molar-refractivity contribution is 6.09. The van der Waals surface area contributed by atoms with Crippen LogP contribution in [0.25, 0.3) is 38.5 Å². The Morgan fingerprint density at radius 3 is 2.08 bits per heavy atom. The van der Waals surface area contributed by atoms with Crippen LogP contribution in [-0.2, 0) is 0 Å². The van der Waals surface area contributed by atoms with E-state index in [1.165, 1.54) is 22.9 Å². The van der Waals surface area contributed by atoms with Crippen molar-refractivity contribution < 1.29 is 4.39 Å². The molecule has 2 aromatic heterocycles. The van der Waals surface area contributed by atoms with E-state index in [0.717, 1.165) is 27.8 Å². The monoisotopic (exact) mass is 312 g/mol. The summed E-state index contributed by atoms with van der Waals surface area (Å²) in [6.45, 7) is 0. The van der Waals surface area contributed by atoms with E-state index in [2.05, 4.69) is 41.0 Å². The Balaban J connectivity index is 1.89. The third kappa shape index (κ3) is 1.85. The van der Waals surface area contributed by atoms with Crippen LogP contribution in [-0.4, -0.2) is 9.55 Å². The van der Waals surface area contributed by atoms with E-state index in [1.807, 2.05) is 24.3 Å². The number of halogens is 1. The van der Waals surface area contributed by atoms with E-state index < -0.39 is 0 Å². The SMILES string of the molecule is Fc1ccc2nc(-n3c4ccccc4c4ccccc43)ccc2c1. The maximum Gasteiger partial charge on any atom is 0.138 e. The van der Waals surface area contributed by atoms with Crippen LogP contribution in [0.3, 0.4) is 0 Å². The predicted octanol–water partition coefficient (Wildman–Crippen LogP) is 5.47. The number of para-hydroxylation sites is 2. The summed E-state index contributed by atoms with van der Waals surface area (Å²) < 4.78 is 15.6. The van der Waals surface area contributed by atoms with Crippen LogP contribution in [0.1, 0.15) is 0 Å². The first-order chi connectivity index (χ1) is 11.8. The molecule has 0 bridgehead atoms. The fraction of sp³-hybridized carbons (Fsp3) is 0. The first kappa shape index (κ1) is 13.3. The normalized spacial score (nSPS) is 11.5. The van der Waals surface area contributed by atoms with Crippen LogP contribution < -0.4 is 0 Å². The standard InChI is InChI=1S/C21H13FN2/c22-15-10-11-18-14(13-15)9-12-21(23-18)24-19-7-3-1-5-16(19)17-6-2-4-8-20(17)24/h1-13H. The van der Waals surface area contributed by atoms with E-state index in [4.69, 9.17) is 4.98 Å². The molecule has 0 amide bonds. The van der Waals surface area contributed by atoms with Crippen LogP contribution in [0.15, 0.2) is 78.9 Å². The molecule has 0 spiro atoms. The van der Waals surface area contributed by atoms with Crippen molar-refractivity contribution in [2.24, 2.45) is 0 Å². The van der Waals surface area contributed by atoms with Gasteiger partial charge in [-0.25, -0.2) is 9.37 Å². The first-order valence-electron chi connectivity index (χ1n) is 7.86. The largest absolute Gasteiger partial charge is 0.294 e. The van der Waals surface area contributed by atoms with Gasteiger partial charge in [0.05, 0.1) is 16.6 Å². The van der Waals surface area contributed by atoms with Crippen molar-refractivity contribution in [3.63, 3.8) is 0 Å². The van der Waals surface area contributed by atoms with Gasteiger partial charge in [0, 0.05) is 16.2 Å². The average molecular weight is 312 g/mol. The molecule has 5 rings (SSSR count). The number of benzene rings is 3. The molecule has 0 fully saturated rings. The highest BCUT2D eigenvalue weighted by Crippen LogP contribution is 2.31. The summed E-state index contributed by atoms with van der Waals surface area (Å²) in [5.41, 5.74) is 3.02. The molecule has 0 aliphatic rings. The second-order valence-electron chi connectivity index (χ2n) is 5.88. The van der Waals surface area contributed by atoms with Crippen molar-refractivity contribution in [2.75, 3.05) is 0 Å². The smallest absolute Gasteiger partial charge is 0.138 e. The molecule has 3 aromatic carbocycles. The molecule has 0 unspecified atom stereocenters. The van der Waals surface area contributed by atoms with E-state index in [1.54, 1.807) is 6.07 Å². The minimum Gasteiger partial charge on any atom is -0.294 e. The Morgan fingerprint density at radius 2 is 1.38 bits per heavy atom. The van der Waals surface area contributed by atoms with Crippen LogP contribution in [0, 0.1) is 5.82 Å². The maximum absolute atomic E-state index is 13.4. The van der Waals surface area contributed by atoms with Crippen LogP contribution in [0.2, 0.25) is 0 Å². The van der Waals surface area contributed by atoms with Gasteiger partial charge in [-0.15, -0.1) is 0 Å². The van der Waals surface area contributed by atoms with E-state index in [9.17, 15) is 4.39 Å². The van der Waals surface area contributed by atoms with Gasteiger partial charge in [0.25, 0.3) is 0 Å². The van der Waals surface area contributed by atoms with Crippen LogP contribution >= 0.6 is 0 Å². The van der Waals surface area contributed by atoms with Gasteiger partial charge < -0.3 is 0 Å². The fourth-order valence-electron chi connectivity index (χ4n) is 3.38. The van der Waals surface area contributed by atoms with Crippen molar-refractivity contribution in [2.45, 2.75) is 0 Å². The Kier molecular flexibility index (Phi) is 2.71. The molecule has 0 saturated carbocycles. The van der Waals surface area contributed by atoms with Gasteiger partial charge in [0.1, 0.15) is 11.6 Å². The zero-order valence-electron chi connectivity index (χ0n) is 12.8. The lowest BCUT2D eigenvalue weighted by Crippen LogP contribution is -1.97. The summed E-state index contributed by atoms with van der Waals surface area (Å²) in [7, 11) is 0. The number of hydrogen-bond acceptors (Lipinski definition) is 1. The second-order valence-corrected chi connectivity index (χ2v) is 5.88. The number of hydrogen-bond donors (Lipinski definition) is 0. The average Bonchev–Trinajstić information content (AvgIpc) is 2.96. The minimum absolute atomic E-state index is 0.242. The first-order valence-corrected chi connectivity index (χ1v) is 7.86. The minimum atomic E-state index is -0.242. The molecule has 114 valence electrons. The van der Waals surface area contributed by atoms with Crippen molar-refractivity contribution >= 4 is 32.7 Å². The molecule has 0 N–H and O–H groups in total. The molecule has 2 heterocycles. The topological polar surface area (TPSA) is 17.8 Å². The van der Waals surface area contributed by atoms with E-state index in [0.29, 0.717) is 0 Å². The molecule has 2 nitrogen and oxygen atoms in total. The summed E-state index contributed by atoms with van der Waals surface area (Å²) >= 11 is 0. The molecule has 3 heteroatoms. The van der Waals surface area contributed by atoms with E-state index >= 15 is 0 Å². The van der Waals surface area contributed by atoms with E-state index in [-0.39, 0.29) is 5.82 Å². The van der Waals surface area contributed by atoms with Crippen LogP contribution in [0.5, 0.6) is 0 Å². The zero-order chi connectivity index (χ0) is 16.1. The van der Waals surface area contributed by atoms with Gasteiger partial charge in [0.15, 0.2) is 0 Å². The quantitative estimate of drug-likeness (QED) is 0.401. The highest BCUT2D eigenvalue weighted by atomic mass is 19.1. The lowest BCUT2D eigenvalue weighted by Gasteiger charge is -2.08. The molecule has 0 radical (unpaired) electrons. The summed E-state index contributed by atoms with van der Waals surface area (Å²) in [6, 6.07) is 25.2. The Hall–Kier alpha value is -3.20. The van der Waals surface area contributed by atoms with Crippen molar-refractivity contribution in [1.82, 2.24) is 9.55 Å². The van der Waals surface area contributed by atoms with Crippen molar-refractivity contribution in [3.8, 4) is 5.82 Å². The van der Waals surface area contributed by atoms with Crippen LogP contribution in [0.4, 0.5) is 4.39 Å². The lowest BCUT2D eigenvalue weighted by molar-refractivity contribution is 0.629. The molecule has 0 saturated heterocycles. The Labute approximate surface area is 137 Å². The third-order valence-electron chi connectivity index (χ3n) is 4.45. The summed E-state index contributed by atoms with van der Waals surface area (Å²) in [6.07, 6.45) is 0. The molecule has 5 aromatic rings. The second kappa shape index (κ2) is 4.90. The summed E-state index contributed by atoms with van der Waals surface area (Å²) in [4.78, 5) is 4.76. The molecular weight excluding hydrogens is 299 g/mol. The Bertz CT molecular complexity index is 1170. The maximum atomic E-state index is 13.4. The summed E-state index contributed by atoms with van der Waals surface area (Å²) in [5, 5.41) is 3.21. The molecule has 0 atom stereocenters. The molecule has 0 aliphatic heterocycles. The molecule has 0 aliphatic carbocycles. The number of pyridine rings is 1. The number of rotatable bonds is 1. The van der Waals surface area contributed by atoms with Gasteiger partial charge in [-0.05, 0) is 42.5 Å². The van der Waals surface area contributed by atoms with Gasteiger partial charge in [-0.2, -0.15) is 0 Å². The number of fused-ring (bicyclic) bond motifs is 4. The third-order valence-corrected chi connectivity index (χ3v) is 4.45. The molecular formula is C21H13FN2. The zero-order valence-corrected chi connectivity index (χ0v) is 12.8. The predicted molar refractivity (Wildman–Crippen MR) is 96.0 cm³/mol. The van der Waals surface area contributed by atoms with Gasteiger partial charge in [0.2, 0.25) is 0 Å². The lowest BCUT2D eigenvalue weighted by atomic mass is 10.2. The number of aromatic nitrogens is 2.